The average Bonchev–Trinajstić information content (AvgIpc) is 2.17. The fourth-order valence-electron chi connectivity index (χ4n) is 1.39. The van der Waals surface area contributed by atoms with Gasteiger partial charge in [-0.05, 0) is 33.6 Å². The van der Waals surface area contributed by atoms with Gasteiger partial charge in [0.2, 0.25) is 0 Å². The zero-order chi connectivity index (χ0) is 13.1. The fourth-order valence-corrected chi connectivity index (χ4v) is 3.01. The summed E-state index contributed by atoms with van der Waals surface area (Å²) < 4.78 is 1.45. The van der Waals surface area contributed by atoms with Gasteiger partial charge in [0, 0.05) is 26.7 Å². The van der Waals surface area contributed by atoms with Crippen LogP contribution in [0.4, 0.5) is 0 Å². The standard InChI is InChI=1S/C14H22BrNS/c1-10(2)16-9-11-6-7-13(12(15)8-11)17-14(3,4)5/h6-8,10,16H,9H2,1-5H3. The summed E-state index contributed by atoms with van der Waals surface area (Å²) in [6.45, 7) is 12.0. The number of hydrogen-bond acceptors (Lipinski definition) is 2. The van der Waals surface area contributed by atoms with E-state index in [-0.39, 0.29) is 4.75 Å². The fraction of sp³-hybridized carbons (Fsp3) is 0.571. The van der Waals surface area contributed by atoms with Crippen molar-refractivity contribution in [3.63, 3.8) is 0 Å². The third kappa shape index (κ3) is 5.94. The Morgan fingerprint density at radius 1 is 1.29 bits per heavy atom. The van der Waals surface area contributed by atoms with Crippen molar-refractivity contribution < 1.29 is 0 Å². The molecule has 0 atom stereocenters. The Balaban J connectivity index is 2.72. The summed E-state index contributed by atoms with van der Waals surface area (Å²) >= 11 is 5.55. The van der Waals surface area contributed by atoms with Crippen LogP contribution in [0.5, 0.6) is 0 Å². The van der Waals surface area contributed by atoms with E-state index in [4.69, 9.17) is 0 Å². The minimum Gasteiger partial charge on any atom is -0.310 e. The van der Waals surface area contributed by atoms with E-state index >= 15 is 0 Å². The molecule has 0 fully saturated rings. The first-order chi connectivity index (χ1) is 7.78. The van der Waals surface area contributed by atoms with Gasteiger partial charge in [0.05, 0.1) is 0 Å². The predicted molar refractivity (Wildman–Crippen MR) is 81.7 cm³/mol. The molecule has 0 spiro atoms. The molecule has 1 aromatic rings. The molecule has 1 aromatic carbocycles. The van der Waals surface area contributed by atoms with Crippen molar-refractivity contribution in [1.82, 2.24) is 5.32 Å². The molecule has 0 amide bonds. The smallest absolute Gasteiger partial charge is 0.0314 e. The van der Waals surface area contributed by atoms with E-state index in [0.29, 0.717) is 6.04 Å². The van der Waals surface area contributed by atoms with E-state index in [9.17, 15) is 0 Å². The molecule has 0 aliphatic heterocycles. The summed E-state index contributed by atoms with van der Waals surface area (Å²) in [4.78, 5) is 1.31. The highest BCUT2D eigenvalue weighted by atomic mass is 79.9. The van der Waals surface area contributed by atoms with E-state index in [1.165, 1.54) is 14.9 Å². The molecule has 0 aliphatic rings. The van der Waals surface area contributed by atoms with Crippen molar-refractivity contribution in [3.05, 3.63) is 28.2 Å². The first-order valence-electron chi connectivity index (χ1n) is 5.99. The lowest BCUT2D eigenvalue weighted by atomic mass is 10.2. The Hall–Kier alpha value is 0.01000. The number of thioether (sulfide) groups is 1. The van der Waals surface area contributed by atoms with Crippen LogP contribution in [-0.4, -0.2) is 10.8 Å². The van der Waals surface area contributed by atoms with Crippen LogP contribution in [0, 0.1) is 0 Å². The Labute approximate surface area is 118 Å². The van der Waals surface area contributed by atoms with Gasteiger partial charge in [0.15, 0.2) is 0 Å². The Morgan fingerprint density at radius 3 is 2.41 bits per heavy atom. The molecule has 0 saturated carbocycles. The van der Waals surface area contributed by atoms with Gasteiger partial charge in [-0.1, -0.05) is 40.7 Å². The lowest BCUT2D eigenvalue weighted by Gasteiger charge is -2.19. The molecule has 0 aliphatic carbocycles. The van der Waals surface area contributed by atoms with Crippen molar-refractivity contribution in [2.24, 2.45) is 0 Å². The topological polar surface area (TPSA) is 12.0 Å². The molecule has 1 rings (SSSR count). The zero-order valence-electron chi connectivity index (χ0n) is 11.3. The summed E-state index contributed by atoms with van der Waals surface area (Å²) in [6, 6.07) is 7.15. The maximum atomic E-state index is 3.66. The molecule has 0 bridgehead atoms. The van der Waals surface area contributed by atoms with Gasteiger partial charge >= 0.3 is 0 Å². The van der Waals surface area contributed by atoms with Crippen LogP contribution in [0.25, 0.3) is 0 Å². The van der Waals surface area contributed by atoms with Crippen molar-refractivity contribution in [3.8, 4) is 0 Å². The number of benzene rings is 1. The highest BCUT2D eigenvalue weighted by Gasteiger charge is 2.14. The molecule has 0 aromatic heterocycles. The molecular formula is C14H22BrNS. The van der Waals surface area contributed by atoms with Gasteiger partial charge < -0.3 is 5.32 Å². The first-order valence-corrected chi connectivity index (χ1v) is 7.60. The summed E-state index contributed by atoms with van der Waals surface area (Å²) in [5, 5.41) is 3.43. The van der Waals surface area contributed by atoms with E-state index in [1.807, 2.05) is 11.8 Å². The number of rotatable bonds is 4. The zero-order valence-corrected chi connectivity index (χ0v) is 13.7. The molecule has 3 heteroatoms. The predicted octanol–water partition coefficient (Wildman–Crippen LogP) is 4.84. The van der Waals surface area contributed by atoms with Gasteiger partial charge in [-0.25, -0.2) is 0 Å². The Morgan fingerprint density at radius 2 is 1.94 bits per heavy atom. The summed E-state index contributed by atoms with van der Waals surface area (Å²) in [6.07, 6.45) is 0. The van der Waals surface area contributed by atoms with Crippen LogP contribution in [-0.2, 0) is 6.54 Å². The Bertz CT molecular complexity index is 369. The average molecular weight is 316 g/mol. The minimum atomic E-state index is 0.250. The molecular weight excluding hydrogens is 294 g/mol. The van der Waals surface area contributed by atoms with Crippen molar-refractivity contribution in [2.75, 3.05) is 0 Å². The van der Waals surface area contributed by atoms with E-state index < -0.39 is 0 Å². The molecule has 0 heterocycles. The third-order valence-electron chi connectivity index (χ3n) is 2.13. The lowest BCUT2D eigenvalue weighted by molar-refractivity contribution is 0.588. The first kappa shape index (κ1) is 15.1. The number of nitrogens with one attached hydrogen (secondary N) is 1. The highest BCUT2D eigenvalue weighted by Crippen LogP contribution is 2.36. The maximum absolute atomic E-state index is 3.66. The van der Waals surface area contributed by atoms with Crippen molar-refractivity contribution >= 4 is 27.7 Å². The monoisotopic (exact) mass is 315 g/mol. The maximum Gasteiger partial charge on any atom is 0.0314 e. The molecule has 1 N–H and O–H groups in total. The summed E-state index contributed by atoms with van der Waals surface area (Å²) in [5.41, 5.74) is 1.32. The van der Waals surface area contributed by atoms with Crippen molar-refractivity contribution in [1.29, 1.82) is 0 Å². The molecule has 96 valence electrons. The lowest BCUT2D eigenvalue weighted by Crippen LogP contribution is -2.21. The molecule has 0 unspecified atom stereocenters. The van der Waals surface area contributed by atoms with Crippen LogP contribution >= 0.6 is 27.7 Å². The summed E-state index contributed by atoms with van der Waals surface area (Å²) in [7, 11) is 0. The molecule has 0 radical (unpaired) electrons. The SMILES string of the molecule is CC(C)NCc1ccc(SC(C)(C)C)c(Br)c1. The second-order valence-corrected chi connectivity index (χ2v) is 8.24. The highest BCUT2D eigenvalue weighted by molar-refractivity contribution is 9.10. The van der Waals surface area contributed by atoms with Crippen LogP contribution < -0.4 is 5.32 Å². The Kier molecular flexibility index (Phi) is 5.55. The second-order valence-electron chi connectivity index (χ2n) is 5.51. The quantitative estimate of drug-likeness (QED) is 0.798. The van der Waals surface area contributed by atoms with Crippen LogP contribution in [0.2, 0.25) is 0 Å². The molecule has 17 heavy (non-hydrogen) atoms. The second kappa shape index (κ2) is 6.26. The number of hydrogen-bond donors (Lipinski definition) is 1. The van der Waals surface area contributed by atoms with Crippen LogP contribution in [0.1, 0.15) is 40.2 Å². The van der Waals surface area contributed by atoms with Crippen LogP contribution in [0.3, 0.4) is 0 Å². The molecule has 1 nitrogen and oxygen atoms in total. The number of halogens is 1. The van der Waals surface area contributed by atoms with E-state index in [1.54, 1.807) is 0 Å². The van der Waals surface area contributed by atoms with Gasteiger partial charge in [-0.15, -0.1) is 11.8 Å². The van der Waals surface area contributed by atoms with E-state index in [0.717, 1.165) is 6.54 Å². The van der Waals surface area contributed by atoms with Gasteiger partial charge in [0.25, 0.3) is 0 Å². The normalized spacial score (nSPS) is 12.2. The van der Waals surface area contributed by atoms with E-state index in [2.05, 4.69) is 74.1 Å². The van der Waals surface area contributed by atoms with Gasteiger partial charge in [0.1, 0.15) is 0 Å². The van der Waals surface area contributed by atoms with Gasteiger partial charge in [-0.3, -0.25) is 0 Å². The van der Waals surface area contributed by atoms with Crippen LogP contribution in [0.15, 0.2) is 27.6 Å². The van der Waals surface area contributed by atoms with Crippen molar-refractivity contribution in [2.45, 2.75) is 56.8 Å². The molecule has 0 saturated heterocycles. The largest absolute Gasteiger partial charge is 0.310 e. The minimum absolute atomic E-state index is 0.250. The summed E-state index contributed by atoms with van der Waals surface area (Å²) in [5.74, 6) is 0. The van der Waals surface area contributed by atoms with Gasteiger partial charge in [-0.2, -0.15) is 0 Å². The third-order valence-corrected chi connectivity index (χ3v) is 4.23.